The number of carboxylic acid groups (broad SMARTS) is 1. The molecule has 0 unspecified atom stereocenters. The van der Waals surface area contributed by atoms with Crippen LogP contribution in [-0.4, -0.2) is 42.3 Å². The van der Waals surface area contributed by atoms with Gasteiger partial charge in [-0.05, 0) is 84.0 Å². The number of likely N-dealkylation sites (tertiary alicyclic amines) is 1. The smallest absolute Gasteiger partial charge is 0.335 e. The number of aryl methyl sites for hydroxylation is 1. The summed E-state index contributed by atoms with van der Waals surface area (Å²) in [5.41, 5.74) is 4.83. The van der Waals surface area contributed by atoms with Gasteiger partial charge in [0.2, 0.25) is 0 Å². The summed E-state index contributed by atoms with van der Waals surface area (Å²) in [5.74, 6) is -0.692. The average molecular weight is 411 g/mol. The second-order valence-corrected chi connectivity index (χ2v) is 8.37. The predicted molar refractivity (Wildman–Crippen MR) is 114 cm³/mol. The van der Waals surface area contributed by atoms with Gasteiger partial charge < -0.3 is 10.0 Å². The summed E-state index contributed by atoms with van der Waals surface area (Å²) in [4.78, 5) is 13.5. The summed E-state index contributed by atoms with van der Waals surface area (Å²) in [6.07, 6.45) is 6.05. The Bertz CT molecular complexity index is 964. The van der Waals surface area contributed by atoms with Crippen LogP contribution in [0.2, 0.25) is 0 Å². The Balaban J connectivity index is 1.51. The molecule has 2 aromatic carbocycles. The van der Waals surface area contributed by atoms with Crippen molar-refractivity contribution >= 4 is 11.5 Å². The maximum absolute atomic E-state index is 14.9. The molecule has 0 radical (unpaired) electrons. The van der Waals surface area contributed by atoms with E-state index in [0.717, 1.165) is 66.7 Å². The highest BCUT2D eigenvalue weighted by molar-refractivity contribution is 5.90. The molecule has 1 aliphatic heterocycles. The largest absolute Gasteiger partial charge is 0.478 e. The second kappa shape index (κ2) is 9.09. The minimum atomic E-state index is -0.928. The van der Waals surface area contributed by atoms with Crippen molar-refractivity contribution in [2.24, 2.45) is 5.92 Å². The number of fused-ring (bicyclic) bond motifs is 1. The zero-order chi connectivity index (χ0) is 21.1. The first-order valence-electron chi connectivity index (χ1n) is 10.7. The van der Waals surface area contributed by atoms with Crippen LogP contribution in [0.25, 0.3) is 5.57 Å². The molecule has 1 fully saturated rings. The van der Waals surface area contributed by atoms with E-state index >= 15 is 0 Å². The second-order valence-electron chi connectivity index (χ2n) is 8.37. The number of hydrogen-bond donors (Lipinski definition) is 1. The molecule has 1 heterocycles. The maximum Gasteiger partial charge on any atom is 0.335 e. The van der Waals surface area contributed by atoms with E-state index in [-0.39, 0.29) is 18.1 Å². The zero-order valence-electron chi connectivity index (χ0n) is 17.0. The lowest BCUT2D eigenvalue weighted by Gasteiger charge is -2.39. The van der Waals surface area contributed by atoms with Gasteiger partial charge in [0.15, 0.2) is 0 Å². The van der Waals surface area contributed by atoms with Crippen LogP contribution in [0.4, 0.5) is 8.78 Å². The summed E-state index contributed by atoms with van der Waals surface area (Å²) in [5, 5.41) is 9.28. The van der Waals surface area contributed by atoms with Gasteiger partial charge >= 0.3 is 5.97 Å². The van der Waals surface area contributed by atoms with E-state index in [0.29, 0.717) is 18.8 Å². The van der Waals surface area contributed by atoms with Gasteiger partial charge in [-0.15, -0.1) is 0 Å². The number of allylic oxidation sites excluding steroid dienone is 1. The fourth-order valence-corrected chi connectivity index (χ4v) is 4.58. The monoisotopic (exact) mass is 411 g/mol. The molecule has 0 amide bonds. The van der Waals surface area contributed by atoms with E-state index in [2.05, 4.69) is 11.0 Å². The molecule has 5 heteroatoms. The first-order chi connectivity index (χ1) is 14.5. The minimum Gasteiger partial charge on any atom is -0.478 e. The predicted octanol–water partition coefficient (Wildman–Crippen LogP) is 5.13. The number of halogens is 2. The quantitative estimate of drug-likeness (QED) is 0.687. The molecule has 1 N–H and O–H groups in total. The number of rotatable bonds is 7. The Kier molecular flexibility index (Phi) is 6.28. The van der Waals surface area contributed by atoms with Crippen molar-refractivity contribution in [3.05, 3.63) is 76.1 Å². The Labute approximate surface area is 176 Å². The van der Waals surface area contributed by atoms with Gasteiger partial charge in [0.05, 0.1) is 12.2 Å². The van der Waals surface area contributed by atoms with Crippen LogP contribution in [0.1, 0.15) is 51.9 Å². The lowest BCUT2D eigenvalue weighted by atomic mass is 9.89. The van der Waals surface area contributed by atoms with Crippen LogP contribution in [0.5, 0.6) is 0 Å². The van der Waals surface area contributed by atoms with Crippen LogP contribution in [0.15, 0.2) is 42.5 Å². The fraction of sp³-hybridized carbons (Fsp3) is 0.400. The fourth-order valence-electron chi connectivity index (χ4n) is 4.58. The average Bonchev–Trinajstić information content (AvgIpc) is 2.92. The first-order valence-corrected chi connectivity index (χ1v) is 10.7. The normalized spacial score (nSPS) is 17.1. The molecule has 4 rings (SSSR count). The van der Waals surface area contributed by atoms with Gasteiger partial charge in [-0.1, -0.05) is 24.3 Å². The number of benzene rings is 2. The third-order valence-electron chi connectivity index (χ3n) is 6.15. The molecule has 0 atom stereocenters. The molecule has 1 aliphatic carbocycles. The number of nitrogens with zero attached hydrogens (tertiary/aromatic N) is 1. The van der Waals surface area contributed by atoms with Gasteiger partial charge in [0, 0.05) is 19.6 Å². The first kappa shape index (κ1) is 20.7. The Morgan fingerprint density at radius 3 is 2.73 bits per heavy atom. The van der Waals surface area contributed by atoms with Crippen LogP contribution >= 0.6 is 0 Å². The SMILES string of the molecule is O=C(O)c1ccc2c(c1)CCCC=C2c1ccc(CC2CN(CCCF)C2)c(F)c1. The Morgan fingerprint density at radius 2 is 2.00 bits per heavy atom. The standard InChI is InChI=1S/C25H27F2NO2/c26-10-3-11-28-15-17(16-28)12-20-7-6-19(14-24(20)27)22-5-2-1-4-18-13-21(25(29)30)8-9-23(18)22/h5-9,13-14,17H,1-4,10-12,15-16H2,(H,29,30). The third kappa shape index (κ3) is 4.46. The van der Waals surface area contributed by atoms with Crippen LogP contribution in [-0.2, 0) is 12.8 Å². The molecule has 2 aromatic rings. The Hall–Kier alpha value is -2.53. The third-order valence-corrected chi connectivity index (χ3v) is 6.15. The van der Waals surface area contributed by atoms with E-state index in [4.69, 9.17) is 0 Å². The molecule has 0 spiro atoms. The number of hydrogen-bond acceptors (Lipinski definition) is 2. The number of carbonyl (C=O) groups is 1. The van der Waals surface area contributed by atoms with Gasteiger partial charge in [-0.2, -0.15) is 0 Å². The summed E-state index contributed by atoms with van der Waals surface area (Å²) in [7, 11) is 0. The van der Waals surface area contributed by atoms with Crippen molar-refractivity contribution in [3.8, 4) is 0 Å². The van der Waals surface area contributed by atoms with Crippen molar-refractivity contribution in [1.29, 1.82) is 0 Å². The molecule has 30 heavy (non-hydrogen) atoms. The van der Waals surface area contributed by atoms with E-state index in [9.17, 15) is 18.7 Å². The van der Waals surface area contributed by atoms with Gasteiger partial charge in [-0.3, -0.25) is 4.39 Å². The van der Waals surface area contributed by atoms with Gasteiger partial charge in [-0.25, -0.2) is 9.18 Å². The molecular weight excluding hydrogens is 384 g/mol. The van der Waals surface area contributed by atoms with Gasteiger partial charge in [0.25, 0.3) is 0 Å². The van der Waals surface area contributed by atoms with E-state index < -0.39 is 5.97 Å². The topological polar surface area (TPSA) is 40.5 Å². The zero-order valence-corrected chi connectivity index (χ0v) is 17.0. The van der Waals surface area contributed by atoms with E-state index in [1.165, 1.54) is 0 Å². The van der Waals surface area contributed by atoms with E-state index in [1.54, 1.807) is 18.2 Å². The van der Waals surface area contributed by atoms with Crippen molar-refractivity contribution in [2.75, 3.05) is 26.3 Å². The molecule has 0 saturated carbocycles. The lowest BCUT2D eigenvalue weighted by molar-refractivity contribution is 0.0696. The summed E-state index contributed by atoms with van der Waals surface area (Å²) in [6, 6.07) is 10.7. The van der Waals surface area contributed by atoms with Crippen LogP contribution in [0, 0.1) is 11.7 Å². The van der Waals surface area contributed by atoms with Crippen molar-refractivity contribution in [3.63, 3.8) is 0 Å². The highest BCUT2D eigenvalue weighted by atomic mass is 19.1. The maximum atomic E-state index is 14.9. The molecule has 1 saturated heterocycles. The van der Waals surface area contributed by atoms with Crippen molar-refractivity contribution in [1.82, 2.24) is 4.90 Å². The molecule has 2 aliphatic rings. The Morgan fingerprint density at radius 1 is 1.17 bits per heavy atom. The molecule has 0 aromatic heterocycles. The highest BCUT2D eigenvalue weighted by Gasteiger charge is 2.27. The number of alkyl halides is 1. The number of aromatic carboxylic acids is 1. The highest BCUT2D eigenvalue weighted by Crippen LogP contribution is 2.33. The summed E-state index contributed by atoms with van der Waals surface area (Å²) in [6.45, 7) is 2.32. The summed E-state index contributed by atoms with van der Waals surface area (Å²) < 4.78 is 27.2. The lowest BCUT2D eigenvalue weighted by Crippen LogP contribution is -2.47. The molecule has 3 nitrogen and oxygen atoms in total. The van der Waals surface area contributed by atoms with Crippen molar-refractivity contribution in [2.45, 2.75) is 32.1 Å². The van der Waals surface area contributed by atoms with Crippen molar-refractivity contribution < 1.29 is 18.7 Å². The van der Waals surface area contributed by atoms with Crippen LogP contribution < -0.4 is 0 Å². The molecule has 0 bridgehead atoms. The summed E-state index contributed by atoms with van der Waals surface area (Å²) >= 11 is 0. The molecule has 158 valence electrons. The number of carboxylic acids is 1. The molecular formula is C25H27F2NO2. The minimum absolute atomic E-state index is 0.191. The van der Waals surface area contributed by atoms with Gasteiger partial charge in [0.1, 0.15) is 5.82 Å². The van der Waals surface area contributed by atoms with Crippen LogP contribution in [0.3, 0.4) is 0 Å². The van der Waals surface area contributed by atoms with E-state index in [1.807, 2.05) is 18.2 Å².